The van der Waals surface area contributed by atoms with E-state index >= 15 is 0 Å². The van der Waals surface area contributed by atoms with Crippen molar-refractivity contribution in [3.8, 4) is 0 Å². The van der Waals surface area contributed by atoms with Crippen LogP contribution in [0.1, 0.15) is 39.5 Å². The van der Waals surface area contributed by atoms with Gasteiger partial charge in [-0.1, -0.05) is 20.3 Å². The molecule has 3 atom stereocenters. The van der Waals surface area contributed by atoms with E-state index in [1.54, 1.807) is 0 Å². The van der Waals surface area contributed by atoms with Crippen molar-refractivity contribution in [3.05, 3.63) is 0 Å². The fraction of sp³-hybridized carbons (Fsp3) is 0.923. The topological polar surface area (TPSA) is 55.1 Å². The summed E-state index contributed by atoms with van der Waals surface area (Å²) in [4.78, 5) is 12.0. The maximum Gasteiger partial charge on any atom is 0.223 e. The predicted octanol–water partition coefficient (Wildman–Crippen LogP) is 1.52. The van der Waals surface area contributed by atoms with E-state index in [0.717, 1.165) is 25.8 Å². The Hall–Kier alpha value is -0.570. The molecule has 0 spiro atoms. The second-order valence-corrected chi connectivity index (χ2v) is 6.17. The predicted molar refractivity (Wildman–Crippen MR) is 64.8 cm³/mol. The molecule has 2 fully saturated rings. The molecule has 2 rings (SSSR count). The highest BCUT2D eigenvalue weighted by atomic mass is 16.1. The normalized spacial score (nSPS) is 36.1. The fourth-order valence-corrected chi connectivity index (χ4v) is 2.94. The van der Waals surface area contributed by atoms with Crippen LogP contribution in [0.4, 0.5) is 0 Å². The molecule has 0 saturated heterocycles. The Bertz CT molecular complexity index is 275. The van der Waals surface area contributed by atoms with Crippen LogP contribution in [0.15, 0.2) is 0 Å². The van der Waals surface area contributed by atoms with Crippen LogP contribution in [-0.4, -0.2) is 19.0 Å². The molecule has 0 radical (unpaired) electrons. The maximum atomic E-state index is 12.0. The van der Waals surface area contributed by atoms with Crippen LogP contribution >= 0.6 is 0 Å². The van der Waals surface area contributed by atoms with E-state index in [2.05, 4.69) is 19.2 Å². The number of rotatable bonds is 4. The summed E-state index contributed by atoms with van der Waals surface area (Å²) in [5.41, 5.74) is 6.15. The van der Waals surface area contributed by atoms with Crippen molar-refractivity contribution in [2.45, 2.75) is 39.5 Å². The minimum Gasteiger partial charge on any atom is -0.356 e. The molecule has 1 amide bonds. The number of hydrogen-bond donors (Lipinski definition) is 2. The Morgan fingerprint density at radius 2 is 2.12 bits per heavy atom. The zero-order valence-corrected chi connectivity index (χ0v) is 10.5. The molecule has 1 unspecified atom stereocenters. The van der Waals surface area contributed by atoms with Crippen molar-refractivity contribution in [2.24, 2.45) is 28.9 Å². The molecule has 2 aliphatic rings. The molecule has 3 N–H and O–H groups in total. The highest BCUT2D eigenvalue weighted by molar-refractivity contribution is 5.79. The maximum absolute atomic E-state index is 12.0. The van der Waals surface area contributed by atoms with Gasteiger partial charge in [0.25, 0.3) is 0 Å². The monoisotopic (exact) mass is 224 g/mol. The van der Waals surface area contributed by atoms with E-state index < -0.39 is 0 Å². The quantitative estimate of drug-likeness (QED) is 0.761. The third-order valence-corrected chi connectivity index (χ3v) is 4.54. The van der Waals surface area contributed by atoms with Gasteiger partial charge >= 0.3 is 0 Å². The van der Waals surface area contributed by atoms with Crippen molar-refractivity contribution < 1.29 is 4.79 Å². The third kappa shape index (κ3) is 2.40. The molecule has 3 heteroatoms. The van der Waals surface area contributed by atoms with Gasteiger partial charge in [0.05, 0.1) is 0 Å². The van der Waals surface area contributed by atoms with Crippen molar-refractivity contribution in [3.63, 3.8) is 0 Å². The first-order chi connectivity index (χ1) is 7.54. The second-order valence-electron chi connectivity index (χ2n) is 6.17. The lowest BCUT2D eigenvalue weighted by atomic mass is 9.95. The molecule has 0 bridgehead atoms. The summed E-state index contributed by atoms with van der Waals surface area (Å²) < 4.78 is 0. The molecule has 2 saturated carbocycles. The van der Waals surface area contributed by atoms with Crippen LogP contribution < -0.4 is 11.1 Å². The van der Waals surface area contributed by atoms with E-state index in [9.17, 15) is 4.79 Å². The van der Waals surface area contributed by atoms with Crippen LogP contribution in [0.3, 0.4) is 0 Å². The van der Waals surface area contributed by atoms with Crippen LogP contribution in [0.5, 0.6) is 0 Å². The molecule has 92 valence electrons. The first kappa shape index (κ1) is 11.9. The lowest BCUT2D eigenvalue weighted by molar-refractivity contribution is -0.126. The molecule has 0 aromatic rings. The lowest BCUT2D eigenvalue weighted by Gasteiger charge is -2.17. The van der Waals surface area contributed by atoms with Gasteiger partial charge in [-0.05, 0) is 43.1 Å². The summed E-state index contributed by atoms with van der Waals surface area (Å²) in [5, 5.41) is 3.11. The summed E-state index contributed by atoms with van der Waals surface area (Å²) in [5.74, 6) is 1.55. The van der Waals surface area contributed by atoms with Gasteiger partial charge in [-0.3, -0.25) is 4.79 Å². The van der Waals surface area contributed by atoms with E-state index in [-0.39, 0.29) is 11.8 Å². The van der Waals surface area contributed by atoms with Gasteiger partial charge in [0, 0.05) is 12.5 Å². The highest BCUT2D eigenvalue weighted by Crippen LogP contribution is 2.51. The minimum absolute atomic E-state index is 0.187. The van der Waals surface area contributed by atoms with Crippen molar-refractivity contribution in [2.75, 3.05) is 13.1 Å². The Morgan fingerprint density at radius 3 is 2.69 bits per heavy atom. The summed E-state index contributed by atoms with van der Waals surface area (Å²) in [6, 6.07) is 0. The number of carbonyl (C=O) groups is 1. The van der Waals surface area contributed by atoms with Gasteiger partial charge in [0.1, 0.15) is 0 Å². The zero-order chi connectivity index (χ0) is 11.8. The molecule has 0 heterocycles. The summed E-state index contributed by atoms with van der Waals surface area (Å²) >= 11 is 0. The molecular formula is C13H24N2O. The summed E-state index contributed by atoms with van der Waals surface area (Å²) in [6.07, 6.45) is 4.57. The molecule has 0 aliphatic heterocycles. The average molecular weight is 224 g/mol. The van der Waals surface area contributed by atoms with Gasteiger partial charge in [0.15, 0.2) is 0 Å². The van der Waals surface area contributed by atoms with Crippen molar-refractivity contribution in [1.82, 2.24) is 5.32 Å². The minimum atomic E-state index is 0.187. The Morgan fingerprint density at radius 1 is 1.44 bits per heavy atom. The van der Waals surface area contributed by atoms with Crippen molar-refractivity contribution in [1.29, 1.82) is 0 Å². The zero-order valence-electron chi connectivity index (χ0n) is 10.5. The van der Waals surface area contributed by atoms with Crippen LogP contribution in [0, 0.1) is 23.2 Å². The Labute approximate surface area is 98.2 Å². The second kappa shape index (κ2) is 4.36. The number of amides is 1. The first-order valence-electron chi connectivity index (χ1n) is 6.52. The van der Waals surface area contributed by atoms with Gasteiger partial charge in [-0.15, -0.1) is 0 Å². The average Bonchev–Trinajstić information content (AvgIpc) is 2.68. The number of carbonyl (C=O) groups excluding carboxylic acids is 1. The van der Waals surface area contributed by atoms with Gasteiger partial charge in [0.2, 0.25) is 5.91 Å². The SMILES string of the molecule is CC1(C)CC1CNC(=O)[C@@H]1CCC[C@@H]1CN. The largest absolute Gasteiger partial charge is 0.356 e. The molecule has 2 aliphatic carbocycles. The molecule has 0 aromatic heterocycles. The van der Waals surface area contributed by atoms with E-state index in [1.807, 2.05) is 0 Å². The standard InChI is InChI=1S/C13H24N2O/c1-13(2)6-10(13)8-15-12(16)11-5-3-4-9(11)7-14/h9-11H,3-8,14H2,1-2H3,(H,15,16)/t9-,10?,11-/m1/s1. The highest BCUT2D eigenvalue weighted by Gasteiger charge is 2.45. The van der Waals surface area contributed by atoms with Gasteiger partial charge in [-0.2, -0.15) is 0 Å². The van der Waals surface area contributed by atoms with E-state index in [0.29, 0.717) is 23.8 Å². The number of nitrogens with one attached hydrogen (secondary N) is 1. The van der Waals surface area contributed by atoms with Crippen LogP contribution in [-0.2, 0) is 4.79 Å². The molecule has 0 aromatic carbocycles. The number of nitrogens with two attached hydrogens (primary N) is 1. The van der Waals surface area contributed by atoms with E-state index in [4.69, 9.17) is 5.73 Å². The Kier molecular flexibility index (Phi) is 3.24. The van der Waals surface area contributed by atoms with Crippen molar-refractivity contribution >= 4 is 5.91 Å². The molecular weight excluding hydrogens is 200 g/mol. The Balaban J connectivity index is 1.75. The van der Waals surface area contributed by atoms with E-state index in [1.165, 1.54) is 6.42 Å². The number of hydrogen-bond acceptors (Lipinski definition) is 2. The van der Waals surface area contributed by atoms with Gasteiger partial charge in [-0.25, -0.2) is 0 Å². The summed E-state index contributed by atoms with van der Waals surface area (Å²) in [7, 11) is 0. The lowest BCUT2D eigenvalue weighted by Crippen LogP contribution is -2.36. The van der Waals surface area contributed by atoms with Crippen LogP contribution in [0.25, 0.3) is 0 Å². The summed E-state index contributed by atoms with van der Waals surface area (Å²) in [6.45, 7) is 6.05. The third-order valence-electron chi connectivity index (χ3n) is 4.54. The smallest absolute Gasteiger partial charge is 0.223 e. The van der Waals surface area contributed by atoms with Gasteiger partial charge < -0.3 is 11.1 Å². The molecule has 3 nitrogen and oxygen atoms in total. The molecule has 16 heavy (non-hydrogen) atoms. The fourth-order valence-electron chi connectivity index (χ4n) is 2.94. The first-order valence-corrected chi connectivity index (χ1v) is 6.52. The van der Waals surface area contributed by atoms with Crippen LogP contribution in [0.2, 0.25) is 0 Å².